The maximum atomic E-state index is 11.9. The second-order valence-corrected chi connectivity index (χ2v) is 5.30. The van der Waals surface area contributed by atoms with Crippen molar-refractivity contribution in [1.82, 2.24) is 5.32 Å². The number of benzene rings is 2. The molecule has 0 heterocycles. The number of methoxy groups -OCH3 is 1. The van der Waals surface area contributed by atoms with Crippen LogP contribution < -0.4 is 20.1 Å². The molecule has 0 aliphatic rings. The summed E-state index contributed by atoms with van der Waals surface area (Å²) in [4.78, 5) is 23.2. The van der Waals surface area contributed by atoms with E-state index in [0.29, 0.717) is 23.7 Å². The Balaban J connectivity index is 1.78. The number of nitriles is 1. The van der Waals surface area contributed by atoms with Crippen LogP contribution in [0.5, 0.6) is 11.5 Å². The van der Waals surface area contributed by atoms with Crippen LogP contribution in [0.2, 0.25) is 0 Å². The first-order valence-electron chi connectivity index (χ1n) is 7.90. The monoisotopic (exact) mass is 353 g/mol. The van der Waals surface area contributed by atoms with Crippen LogP contribution in [0.1, 0.15) is 12.0 Å². The number of para-hydroxylation sites is 2. The Bertz CT molecular complexity index is 797. The molecule has 0 unspecified atom stereocenters. The number of nitrogens with zero attached hydrogens (tertiary/aromatic N) is 1. The Labute approximate surface area is 151 Å². The molecule has 0 fully saturated rings. The summed E-state index contributed by atoms with van der Waals surface area (Å²) in [5.41, 5.74) is 1.47. The van der Waals surface area contributed by atoms with Crippen LogP contribution in [0.25, 0.3) is 0 Å². The zero-order chi connectivity index (χ0) is 18.8. The van der Waals surface area contributed by atoms with E-state index in [0.717, 1.165) is 5.56 Å². The van der Waals surface area contributed by atoms with Crippen molar-refractivity contribution in [1.29, 1.82) is 5.26 Å². The molecule has 2 rings (SSSR count). The number of ether oxygens (including phenoxy) is 2. The van der Waals surface area contributed by atoms with Crippen LogP contribution in [-0.2, 0) is 16.1 Å². The van der Waals surface area contributed by atoms with Gasteiger partial charge in [0.2, 0.25) is 5.91 Å². The number of nitrogens with one attached hydrogen (secondary N) is 2. The predicted molar refractivity (Wildman–Crippen MR) is 95.6 cm³/mol. The molecule has 0 aliphatic heterocycles. The second-order valence-electron chi connectivity index (χ2n) is 5.30. The minimum Gasteiger partial charge on any atom is -0.493 e. The lowest BCUT2D eigenvalue weighted by Gasteiger charge is -2.11. The van der Waals surface area contributed by atoms with E-state index in [1.54, 1.807) is 48.5 Å². The lowest BCUT2D eigenvalue weighted by atomic mass is 10.2. The van der Waals surface area contributed by atoms with Crippen LogP contribution >= 0.6 is 0 Å². The summed E-state index contributed by atoms with van der Waals surface area (Å²) in [6.07, 6.45) is -0.190. The molecule has 7 nitrogen and oxygen atoms in total. The van der Waals surface area contributed by atoms with E-state index in [2.05, 4.69) is 10.6 Å². The first kappa shape index (κ1) is 18.8. The van der Waals surface area contributed by atoms with Gasteiger partial charge in [-0.2, -0.15) is 5.26 Å². The average molecular weight is 353 g/mol. The molecule has 0 radical (unpaired) electrons. The molecule has 0 atom stereocenters. The van der Waals surface area contributed by atoms with E-state index in [1.165, 1.54) is 7.11 Å². The molecule has 0 aliphatic carbocycles. The summed E-state index contributed by atoms with van der Waals surface area (Å²) >= 11 is 0. The number of hydrogen-bond acceptors (Lipinski definition) is 5. The van der Waals surface area contributed by atoms with Gasteiger partial charge in [-0.25, -0.2) is 0 Å². The minimum atomic E-state index is -0.359. The second kappa shape index (κ2) is 9.69. The number of carbonyl (C=O) groups is 2. The molecule has 7 heteroatoms. The number of amides is 2. The number of anilines is 1. The summed E-state index contributed by atoms with van der Waals surface area (Å²) in [7, 11) is 1.54. The molecule has 2 aromatic rings. The van der Waals surface area contributed by atoms with E-state index in [4.69, 9.17) is 14.7 Å². The van der Waals surface area contributed by atoms with E-state index in [1.807, 2.05) is 6.07 Å². The van der Waals surface area contributed by atoms with E-state index >= 15 is 0 Å². The van der Waals surface area contributed by atoms with Gasteiger partial charge < -0.3 is 20.1 Å². The summed E-state index contributed by atoms with van der Waals surface area (Å²) in [6, 6.07) is 15.9. The molecule has 134 valence electrons. The molecule has 0 bridgehead atoms. The zero-order valence-electron chi connectivity index (χ0n) is 14.3. The normalized spacial score (nSPS) is 9.69. The quantitative estimate of drug-likeness (QED) is 0.758. The molecule has 0 aromatic heterocycles. The van der Waals surface area contributed by atoms with Crippen LogP contribution in [0.3, 0.4) is 0 Å². The van der Waals surface area contributed by atoms with Gasteiger partial charge in [0, 0.05) is 12.2 Å². The van der Waals surface area contributed by atoms with Gasteiger partial charge in [-0.3, -0.25) is 9.59 Å². The van der Waals surface area contributed by atoms with E-state index in [9.17, 15) is 9.59 Å². The molecule has 2 amide bonds. The summed E-state index contributed by atoms with van der Waals surface area (Å²) < 4.78 is 10.6. The fourth-order valence-electron chi connectivity index (χ4n) is 2.12. The highest BCUT2D eigenvalue weighted by Crippen LogP contribution is 2.25. The van der Waals surface area contributed by atoms with E-state index < -0.39 is 0 Å². The van der Waals surface area contributed by atoms with Gasteiger partial charge in [-0.1, -0.05) is 24.3 Å². The summed E-state index contributed by atoms with van der Waals surface area (Å²) in [5.74, 6) is 0.446. The Kier molecular flexibility index (Phi) is 7.01. The highest BCUT2D eigenvalue weighted by molar-refractivity contribution is 5.92. The lowest BCUT2D eigenvalue weighted by molar-refractivity contribution is -0.123. The van der Waals surface area contributed by atoms with Crippen molar-refractivity contribution in [3.8, 4) is 17.6 Å². The predicted octanol–water partition coefficient (Wildman–Crippen LogP) is 2.24. The van der Waals surface area contributed by atoms with Gasteiger partial charge in [0.25, 0.3) is 5.91 Å². The van der Waals surface area contributed by atoms with Crippen LogP contribution in [0.4, 0.5) is 5.69 Å². The van der Waals surface area contributed by atoms with Crippen molar-refractivity contribution in [3.63, 3.8) is 0 Å². The highest BCUT2D eigenvalue weighted by Gasteiger charge is 2.07. The van der Waals surface area contributed by atoms with Crippen molar-refractivity contribution >= 4 is 17.5 Å². The zero-order valence-corrected chi connectivity index (χ0v) is 14.3. The SMILES string of the molecule is COc1ccccc1OCC(=O)NCc1ccc(NC(=O)CC#N)cc1. The first-order valence-corrected chi connectivity index (χ1v) is 7.90. The van der Waals surface area contributed by atoms with Crippen molar-refractivity contribution in [2.24, 2.45) is 0 Å². The van der Waals surface area contributed by atoms with Gasteiger partial charge in [0.05, 0.1) is 13.2 Å². The largest absolute Gasteiger partial charge is 0.493 e. The molecule has 0 spiro atoms. The Morgan fingerprint density at radius 3 is 2.38 bits per heavy atom. The fraction of sp³-hybridized carbons (Fsp3) is 0.211. The third-order valence-corrected chi connectivity index (χ3v) is 3.39. The lowest BCUT2D eigenvalue weighted by Crippen LogP contribution is -2.28. The van der Waals surface area contributed by atoms with Gasteiger partial charge >= 0.3 is 0 Å². The minimum absolute atomic E-state index is 0.122. The van der Waals surface area contributed by atoms with Gasteiger partial charge in [0.1, 0.15) is 6.42 Å². The molecule has 2 N–H and O–H groups in total. The van der Waals surface area contributed by atoms with E-state index in [-0.39, 0.29) is 24.8 Å². The molecule has 2 aromatic carbocycles. The standard InChI is InChI=1S/C19H19N3O4/c1-25-16-4-2-3-5-17(16)26-13-19(24)21-12-14-6-8-15(9-7-14)22-18(23)10-11-20/h2-9H,10,12-13H2,1H3,(H,21,24)(H,22,23). The maximum Gasteiger partial charge on any atom is 0.258 e. The van der Waals surface area contributed by atoms with Gasteiger partial charge in [-0.05, 0) is 29.8 Å². The van der Waals surface area contributed by atoms with Crippen molar-refractivity contribution < 1.29 is 19.1 Å². The smallest absolute Gasteiger partial charge is 0.258 e. The third-order valence-electron chi connectivity index (χ3n) is 3.39. The highest BCUT2D eigenvalue weighted by atomic mass is 16.5. The molecule has 0 saturated heterocycles. The molecular weight excluding hydrogens is 334 g/mol. The first-order chi connectivity index (χ1) is 12.6. The summed E-state index contributed by atoms with van der Waals surface area (Å²) in [6.45, 7) is 0.212. The Morgan fingerprint density at radius 2 is 1.73 bits per heavy atom. The van der Waals surface area contributed by atoms with Crippen molar-refractivity contribution in [3.05, 3.63) is 54.1 Å². The Morgan fingerprint density at radius 1 is 1.04 bits per heavy atom. The average Bonchev–Trinajstić information content (AvgIpc) is 2.66. The van der Waals surface area contributed by atoms with Crippen LogP contribution in [0.15, 0.2) is 48.5 Å². The van der Waals surface area contributed by atoms with Gasteiger partial charge in [0.15, 0.2) is 18.1 Å². The molecule has 26 heavy (non-hydrogen) atoms. The van der Waals surface area contributed by atoms with Crippen molar-refractivity contribution in [2.75, 3.05) is 19.0 Å². The third kappa shape index (κ3) is 5.83. The number of hydrogen-bond donors (Lipinski definition) is 2. The van der Waals surface area contributed by atoms with Gasteiger partial charge in [-0.15, -0.1) is 0 Å². The fourth-order valence-corrected chi connectivity index (χ4v) is 2.12. The molecular formula is C19H19N3O4. The topological polar surface area (TPSA) is 100 Å². The number of carbonyl (C=O) groups excluding carboxylic acids is 2. The van der Waals surface area contributed by atoms with Crippen LogP contribution in [0, 0.1) is 11.3 Å². The van der Waals surface area contributed by atoms with Crippen molar-refractivity contribution in [2.45, 2.75) is 13.0 Å². The van der Waals surface area contributed by atoms with Crippen LogP contribution in [-0.4, -0.2) is 25.5 Å². The number of rotatable bonds is 8. The Hall–Kier alpha value is -3.53. The summed E-state index contributed by atoms with van der Waals surface area (Å²) in [5, 5.41) is 13.8. The maximum absolute atomic E-state index is 11.9. The molecule has 0 saturated carbocycles.